The van der Waals surface area contributed by atoms with Gasteiger partial charge in [0.25, 0.3) is 5.91 Å². The number of benzene rings is 1. The maximum Gasteiger partial charge on any atom is 0.251 e. The van der Waals surface area contributed by atoms with Crippen molar-refractivity contribution in [2.24, 2.45) is 0 Å². The highest BCUT2D eigenvalue weighted by Gasteiger charge is 2.18. The zero-order valence-corrected chi connectivity index (χ0v) is 11.2. The van der Waals surface area contributed by atoms with Crippen LogP contribution in [0, 0.1) is 0 Å². The van der Waals surface area contributed by atoms with Gasteiger partial charge >= 0.3 is 0 Å². The lowest BCUT2D eigenvalue weighted by Gasteiger charge is -2.21. The second-order valence-corrected chi connectivity index (χ2v) is 4.67. The summed E-state index contributed by atoms with van der Waals surface area (Å²) in [6.07, 6.45) is 0.594. The third-order valence-electron chi connectivity index (χ3n) is 2.89. The van der Waals surface area contributed by atoms with Crippen molar-refractivity contribution in [3.05, 3.63) is 35.4 Å². The maximum absolute atomic E-state index is 11.9. The molecular weight excluding hydrogens is 230 g/mol. The molecule has 0 saturated heterocycles. The molecule has 1 unspecified atom stereocenters. The summed E-state index contributed by atoms with van der Waals surface area (Å²) in [6, 6.07) is 7.26. The van der Waals surface area contributed by atoms with Gasteiger partial charge in [-0.1, -0.05) is 19.1 Å². The predicted molar refractivity (Wildman–Crippen MR) is 70.4 cm³/mol. The maximum atomic E-state index is 11.9. The standard InChI is InChI=1S/C14H21NO3/c1-4-14(2,17)10-15-13(16)12-7-5-6-11(8-12)9-18-3/h5-8,17H,4,9-10H2,1-3H3,(H,15,16). The summed E-state index contributed by atoms with van der Waals surface area (Å²) in [5, 5.41) is 12.6. The molecule has 2 N–H and O–H groups in total. The predicted octanol–water partition coefficient (Wildman–Crippen LogP) is 1.72. The first-order chi connectivity index (χ1) is 8.48. The minimum absolute atomic E-state index is 0.179. The first-order valence-electron chi connectivity index (χ1n) is 6.07. The Labute approximate surface area is 108 Å². The van der Waals surface area contributed by atoms with Crippen LogP contribution in [0.25, 0.3) is 0 Å². The highest BCUT2D eigenvalue weighted by atomic mass is 16.5. The van der Waals surface area contributed by atoms with E-state index in [4.69, 9.17) is 4.74 Å². The Hall–Kier alpha value is -1.39. The fourth-order valence-corrected chi connectivity index (χ4v) is 1.47. The number of rotatable bonds is 6. The summed E-state index contributed by atoms with van der Waals surface area (Å²) in [6.45, 7) is 4.31. The number of amides is 1. The lowest BCUT2D eigenvalue weighted by Crippen LogP contribution is -2.40. The summed E-state index contributed by atoms with van der Waals surface area (Å²) < 4.78 is 5.02. The van der Waals surface area contributed by atoms with Crippen LogP contribution in [0.3, 0.4) is 0 Å². The zero-order valence-electron chi connectivity index (χ0n) is 11.2. The molecule has 0 aliphatic heterocycles. The van der Waals surface area contributed by atoms with E-state index in [1.54, 1.807) is 26.2 Å². The van der Waals surface area contributed by atoms with Gasteiger partial charge in [0.2, 0.25) is 0 Å². The molecule has 100 valence electrons. The van der Waals surface area contributed by atoms with Crippen LogP contribution in [-0.4, -0.2) is 30.3 Å². The van der Waals surface area contributed by atoms with E-state index in [0.29, 0.717) is 18.6 Å². The molecular formula is C14H21NO3. The summed E-state index contributed by atoms with van der Waals surface area (Å²) in [5.41, 5.74) is 0.670. The molecule has 1 rings (SSSR count). The van der Waals surface area contributed by atoms with E-state index in [1.165, 1.54) is 0 Å². The van der Waals surface area contributed by atoms with Crippen LogP contribution in [0.4, 0.5) is 0 Å². The molecule has 0 bridgehead atoms. The second-order valence-electron chi connectivity index (χ2n) is 4.67. The molecule has 0 aromatic heterocycles. The van der Waals surface area contributed by atoms with Crippen molar-refractivity contribution in [2.75, 3.05) is 13.7 Å². The number of methoxy groups -OCH3 is 1. The van der Waals surface area contributed by atoms with E-state index >= 15 is 0 Å². The van der Waals surface area contributed by atoms with Gasteiger partial charge in [0, 0.05) is 19.2 Å². The minimum Gasteiger partial charge on any atom is -0.388 e. The monoisotopic (exact) mass is 251 g/mol. The average Bonchev–Trinajstić information content (AvgIpc) is 2.37. The van der Waals surface area contributed by atoms with Crippen molar-refractivity contribution >= 4 is 5.91 Å². The second kappa shape index (κ2) is 6.52. The summed E-state index contributed by atoms with van der Waals surface area (Å²) in [5.74, 6) is -0.179. The molecule has 0 heterocycles. The molecule has 0 fully saturated rings. The Morgan fingerprint density at radius 1 is 1.50 bits per heavy atom. The first-order valence-corrected chi connectivity index (χ1v) is 6.07. The molecule has 4 heteroatoms. The number of aliphatic hydroxyl groups is 1. The van der Waals surface area contributed by atoms with Crippen LogP contribution in [0.2, 0.25) is 0 Å². The largest absolute Gasteiger partial charge is 0.388 e. The molecule has 4 nitrogen and oxygen atoms in total. The van der Waals surface area contributed by atoms with Crippen molar-refractivity contribution in [2.45, 2.75) is 32.5 Å². The normalized spacial score (nSPS) is 14.0. The van der Waals surface area contributed by atoms with Gasteiger partial charge in [0.1, 0.15) is 0 Å². The molecule has 0 spiro atoms. The molecule has 1 amide bonds. The van der Waals surface area contributed by atoms with Crippen molar-refractivity contribution in [3.63, 3.8) is 0 Å². The van der Waals surface area contributed by atoms with Gasteiger partial charge < -0.3 is 15.2 Å². The van der Waals surface area contributed by atoms with Crippen LogP contribution in [0.15, 0.2) is 24.3 Å². The number of hydrogen-bond donors (Lipinski definition) is 2. The number of nitrogens with one attached hydrogen (secondary N) is 1. The molecule has 1 aromatic carbocycles. The zero-order chi connectivity index (χ0) is 13.6. The Kier molecular flexibility index (Phi) is 5.31. The number of ether oxygens (including phenoxy) is 1. The van der Waals surface area contributed by atoms with Crippen LogP contribution in [0.5, 0.6) is 0 Å². The minimum atomic E-state index is -0.861. The Morgan fingerprint density at radius 3 is 2.83 bits per heavy atom. The number of carbonyl (C=O) groups is 1. The van der Waals surface area contributed by atoms with Gasteiger partial charge in [-0.25, -0.2) is 0 Å². The highest BCUT2D eigenvalue weighted by Crippen LogP contribution is 2.09. The van der Waals surface area contributed by atoms with E-state index in [2.05, 4.69) is 5.32 Å². The SMILES string of the molecule is CCC(C)(O)CNC(=O)c1cccc(COC)c1. The molecule has 0 saturated carbocycles. The van der Waals surface area contributed by atoms with Gasteiger partial charge in [-0.3, -0.25) is 4.79 Å². The Morgan fingerprint density at radius 2 is 2.22 bits per heavy atom. The first kappa shape index (κ1) is 14.7. The molecule has 1 aromatic rings. The lowest BCUT2D eigenvalue weighted by molar-refractivity contribution is 0.0518. The van der Waals surface area contributed by atoms with Gasteiger partial charge in [-0.2, -0.15) is 0 Å². The van der Waals surface area contributed by atoms with Crippen LogP contribution in [-0.2, 0) is 11.3 Å². The van der Waals surface area contributed by atoms with E-state index < -0.39 is 5.60 Å². The number of hydrogen-bond acceptors (Lipinski definition) is 3. The van der Waals surface area contributed by atoms with Gasteiger partial charge in [-0.15, -0.1) is 0 Å². The van der Waals surface area contributed by atoms with Gasteiger partial charge in [0.05, 0.1) is 12.2 Å². The van der Waals surface area contributed by atoms with Crippen LogP contribution < -0.4 is 5.32 Å². The van der Waals surface area contributed by atoms with Crippen LogP contribution >= 0.6 is 0 Å². The van der Waals surface area contributed by atoms with Crippen molar-refractivity contribution in [3.8, 4) is 0 Å². The van der Waals surface area contributed by atoms with E-state index in [9.17, 15) is 9.90 Å². The van der Waals surface area contributed by atoms with E-state index in [-0.39, 0.29) is 12.5 Å². The van der Waals surface area contributed by atoms with E-state index in [1.807, 2.05) is 19.1 Å². The quantitative estimate of drug-likeness (QED) is 0.809. The van der Waals surface area contributed by atoms with Crippen molar-refractivity contribution in [1.29, 1.82) is 0 Å². The third kappa shape index (κ3) is 4.47. The smallest absolute Gasteiger partial charge is 0.251 e. The molecule has 1 atom stereocenters. The fourth-order valence-electron chi connectivity index (χ4n) is 1.47. The number of carbonyl (C=O) groups excluding carboxylic acids is 1. The molecule has 18 heavy (non-hydrogen) atoms. The van der Waals surface area contributed by atoms with E-state index in [0.717, 1.165) is 5.56 Å². The molecule has 0 radical (unpaired) electrons. The topological polar surface area (TPSA) is 58.6 Å². The summed E-state index contributed by atoms with van der Waals surface area (Å²) >= 11 is 0. The van der Waals surface area contributed by atoms with Crippen LogP contribution in [0.1, 0.15) is 36.2 Å². The molecule has 0 aliphatic rings. The van der Waals surface area contributed by atoms with Gasteiger partial charge in [0.15, 0.2) is 0 Å². The molecule has 0 aliphatic carbocycles. The average molecular weight is 251 g/mol. The summed E-state index contributed by atoms with van der Waals surface area (Å²) in [4.78, 5) is 11.9. The third-order valence-corrected chi connectivity index (χ3v) is 2.89. The Bertz CT molecular complexity index is 402. The Balaban J connectivity index is 2.64. The summed E-state index contributed by atoms with van der Waals surface area (Å²) in [7, 11) is 1.62. The highest BCUT2D eigenvalue weighted by molar-refractivity contribution is 5.94. The fraction of sp³-hybridized carbons (Fsp3) is 0.500. The van der Waals surface area contributed by atoms with Crippen molar-refractivity contribution < 1.29 is 14.6 Å². The van der Waals surface area contributed by atoms with Crippen molar-refractivity contribution in [1.82, 2.24) is 5.32 Å². The lowest BCUT2D eigenvalue weighted by atomic mass is 10.0. The van der Waals surface area contributed by atoms with Gasteiger partial charge in [-0.05, 0) is 31.0 Å².